The number of imidazole rings is 1. The molecule has 2 N–H and O–H groups in total. The summed E-state index contributed by atoms with van der Waals surface area (Å²) < 4.78 is 2.06. The number of rotatable bonds is 7. The van der Waals surface area contributed by atoms with Crippen LogP contribution in [0.25, 0.3) is 21.9 Å². The highest BCUT2D eigenvalue weighted by molar-refractivity contribution is 6.35. The summed E-state index contributed by atoms with van der Waals surface area (Å²) in [5.74, 6) is 1.02. The molecule has 0 radical (unpaired) electrons. The zero-order valence-electron chi connectivity index (χ0n) is 14.9. The molecule has 2 heterocycles. The zero-order valence-corrected chi connectivity index (χ0v) is 15.7. The molecular weight excluding hydrogens is 360 g/mol. The molecule has 4 aromatic rings. The summed E-state index contributed by atoms with van der Waals surface area (Å²) in [6.07, 6.45) is 4.09. The Kier molecular flexibility index (Phi) is 5.12. The molecular formula is C21H21ClN4O. The number of nitrogens with zero attached hydrogens (tertiary/aromatic N) is 2. The van der Waals surface area contributed by atoms with Crippen LogP contribution in [-0.2, 0) is 17.8 Å². The van der Waals surface area contributed by atoms with E-state index in [1.165, 1.54) is 0 Å². The molecule has 0 aliphatic heterocycles. The molecule has 0 fully saturated rings. The van der Waals surface area contributed by atoms with Crippen LogP contribution in [0.5, 0.6) is 0 Å². The minimum atomic E-state index is 0.0588. The average molecular weight is 381 g/mol. The first-order chi connectivity index (χ1) is 13.2. The molecule has 0 aliphatic carbocycles. The third-order valence-electron chi connectivity index (χ3n) is 4.69. The molecule has 27 heavy (non-hydrogen) atoms. The number of aromatic amines is 1. The van der Waals surface area contributed by atoms with Crippen molar-refractivity contribution in [2.75, 3.05) is 6.54 Å². The summed E-state index contributed by atoms with van der Waals surface area (Å²) in [7, 11) is 0. The second-order valence-corrected chi connectivity index (χ2v) is 6.99. The molecule has 2 aromatic carbocycles. The molecule has 0 unspecified atom stereocenters. The minimum absolute atomic E-state index is 0.0588. The Bertz CT molecular complexity index is 1050. The summed E-state index contributed by atoms with van der Waals surface area (Å²) in [6.45, 7) is 1.29. The number of halogens is 1. The van der Waals surface area contributed by atoms with E-state index in [0.717, 1.165) is 45.6 Å². The number of carbonyl (C=O) groups is 1. The third-order valence-corrected chi connectivity index (χ3v) is 5.02. The van der Waals surface area contributed by atoms with Crippen LogP contribution in [-0.4, -0.2) is 27.0 Å². The van der Waals surface area contributed by atoms with E-state index in [-0.39, 0.29) is 5.91 Å². The summed E-state index contributed by atoms with van der Waals surface area (Å²) in [5.41, 5.74) is 3.09. The lowest BCUT2D eigenvalue weighted by molar-refractivity contribution is -0.121. The standard InChI is InChI=1S/C21H21ClN4O/c22-16-5-3-8-19-15(16)10-13-26(19)14-11-21(27)23-12-4-9-20-24-17-6-1-2-7-18(17)25-20/h1-3,5-8,10,13H,4,9,11-12,14H2,(H,23,27)(H,24,25). The van der Waals surface area contributed by atoms with Gasteiger partial charge in [-0.3, -0.25) is 4.79 Å². The molecule has 6 heteroatoms. The van der Waals surface area contributed by atoms with E-state index in [2.05, 4.69) is 19.9 Å². The van der Waals surface area contributed by atoms with Gasteiger partial charge in [0, 0.05) is 48.1 Å². The molecule has 138 valence electrons. The maximum atomic E-state index is 12.1. The van der Waals surface area contributed by atoms with Crippen molar-refractivity contribution in [1.29, 1.82) is 0 Å². The van der Waals surface area contributed by atoms with Crippen LogP contribution in [0.1, 0.15) is 18.7 Å². The molecule has 0 bridgehead atoms. The van der Waals surface area contributed by atoms with Gasteiger partial charge >= 0.3 is 0 Å². The van der Waals surface area contributed by atoms with Gasteiger partial charge in [-0.05, 0) is 36.8 Å². The Hall–Kier alpha value is -2.79. The smallest absolute Gasteiger partial charge is 0.221 e. The Balaban J connectivity index is 1.23. The lowest BCUT2D eigenvalue weighted by atomic mass is 10.2. The van der Waals surface area contributed by atoms with Gasteiger partial charge in [-0.25, -0.2) is 4.98 Å². The Morgan fingerprint density at radius 1 is 1.15 bits per heavy atom. The maximum absolute atomic E-state index is 12.1. The summed E-state index contributed by atoms with van der Waals surface area (Å²) in [6, 6.07) is 15.8. The van der Waals surface area contributed by atoms with Crippen LogP contribution >= 0.6 is 11.6 Å². The fourth-order valence-corrected chi connectivity index (χ4v) is 3.53. The number of amides is 1. The van der Waals surface area contributed by atoms with E-state index in [4.69, 9.17) is 11.6 Å². The predicted molar refractivity (Wildman–Crippen MR) is 109 cm³/mol. The second-order valence-electron chi connectivity index (χ2n) is 6.59. The highest BCUT2D eigenvalue weighted by Gasteiger charge is 2.07. The van der Waals surface area contributed by atoms with Crippen molar-refractivity contribution in [2.45, 2.75) is 25.8 Å². The summed E-state index contributed by atoms with van der Waals surface area (Å²) in [4.78, 5) is 20.0. The van der Waals surface area contributed by atoms with Crippen LogP contribution in [0.15, 0.2) is 54.7 Å². The summed E-state index contributed by atoms with van der Waals surface area (Å²) >= 11 is 6.19. The van der Waals surface area contributed by atoms with Gasteiger partial charge in [0.25, 0.3) is 0 Å². The van der Waals surface area contributed by atoms with E-state index in [9.17, 15) is 4.79 Å². The van der Waals surface area contributed by atoms with Crippen LogP contribution in [0.4, 0.5) is 0 Å². The topological polar surface area (TPSA) is 62.7 Å². The van der Waals surface area contributed by atoms with Gasteiger partial charge in [0.15, 0.2) is 0 Å². The molecule has 0 saturated carbocycles. The number of benzene rings is 2. The van der Waals surface area contributed by atoms with E-state index >= 15 is 0 Å². The number of hydrogen-bond donors (Lipinski definition) is 2. The number of fused-ring (bicyclic) bond motifs is 2. The van der Waals surface area contributed by atoms with Gasteiger partial charge < -0.3 is 14.9 Å². The maximum Gasteiger partial charge on any atom is 0.221 e. The van der Waals surface area contributed by atoms with Crippen molar-refractivity contribution in [1.82, 2.24) is 19.9 Å². The number of para-hydroxylation sites is 2. The minimum Gasteiger partial charge on any atom is -0.356 e. The van der Waals surface area contributed by atoms with E-state index < -0.39 is 0 Å². The Labute approximate surface area is 162 Å². The van der Waals surface area contributed by atoms with Gasteiger partial charge in [0.05, 0.1) is 11.0 Å². The van der Waals surface area contributed by atoms with Crippen LogP contribution in [0.2, 0.25) is 5.02 Å². The number of nitrogens with one attached hydrogen (secondary N) is 2. The lowest BCUT2D eigenvalue weighted by Crippen LogP contribution is -2.25. The van der Waals surface area contributed by atoms with Gasteiger partial charge in [0.2, 0.25) is 5.91 Å². The highest BCUT2D eigenvalue weighted by atomic mass is 35.5. The van der Waals surface area contributed by atoms with Crippen molar-refractivity contribution in [2.24, 2.45) is 0 Å². The van der Waals surface area contributed by atoms with Crippen molar-refractivity contribution < 1.29 is 4.79 Å². The lowest BCUT2D eigenvalue weighted by Gasteiger charge is -2.07. The zero-order chi connectivity index (χ0) is 18.6. The highest BCUT2D eigenvalue weighted by Crippen LogP contribution is 2.24. The fourth-order valence-electron chi connectivity index (χ4n) is 3.30. The average Bonchev–Trinajstić information content (AvgIpc) is 3.28. The van der Waals surface area contributed by atoms with Gasteiger partial charge in [-0.2, -0.15) is 0 Å². The van der Waals surface area contributed by atoms with Crippen molar-refractivity contribution >= 4 is 39.4 Å². The Morgan fingerprint density at radius 2 is 2.04 bits per heavy atom. The number of aromatic nitrogens is 3. The van der Waals surface area contributed by atoms with Crippen molar-refractivity contribution in [3.05, 3.63) is 65.6 Å². The quantitative estimate of drug-likeness (QED) is 0.469. The van der Waals surface area contributed by atoms with E-state index in [1.807, 2.05) is 54.7 Å². The Morgan fingerprint density at radius 3 is 2.93 bits per heavy atom. The normalized spacial score (nSPS) is 11.3. The first-order valence-electron chi connectivity index (χ1n) is 9.14. The number of carbonyl (C=O) groups excluding carboxylic acids is 1. The van der Waals surface area contributed by atoms with Crippen LogP contribution in [0.3, 0.4) is 0 Å². The van der Waals surface area contributed by atoms with E-state index in [0.29, 0.717) is 19.5 Å². The van der Waals surface area contributed by atoms with Crippen molar-refractivity contribution in [3.8, 4) is 0 Å². The molecule has 0 atom stereocenters. The number of H-pyrrole nitrogens is 1. The first kappa shape index (κ1) is 17.6. The molecule has 2 aromatic heterocycles. The first-order valence-corrected chi connectivity index (χ1v) is 9.52. The van der Waals surface area contributed by atoms with Crippen molar-refractivity contribution in [3.63, 3.8) is 0 Å². The van der Waals surface area contributed by atoms with Gasteiger partial charge in [0.1, 0.15) is 5.82 Å². The predicted octanol–water partition coefficient (Wildman–Crippen LogP) is 4.31. The molecule has 0 spiro atoms. The number of hydrogen-bond acceptors (Lipinski definition) is 2. The van der Waals surface area contributed by atoms with Crippen LogP contribution in [0, 0.1) is 0 Å². The molecule has 0 aliphatic rings. The molecule has 4 rings (SSSR count). The summed E-state index contributed by atoms with van der Waals surface area (Å²) in [5, 5.41) is 4.74. The molecule has 0 saturated heterocycles. The monoisotopic (exact) mass is 380 g/mol. The molecule has 5 nitrogen and oxygen atoms in total. The van der Waals surface area contributed by atoms with E-state index in [1.54, 1.807) is 0 Å². The number of aryl methyl sites for hydroxylation is 2. The fraction of sp³-hybridized carbons (Fsp3) is 0.238. The molecule has 1 amide bonds. The SMILES string of the molecule is O=C(CCn1ccc2c(Cl)cccc21)NCCCc1nc2ccccc2[nH]1. The largest absolute Gasteiger partial charge is 0.356 e. The third kappa shape index (κ3) is 3.98. The van der Waals surface area contributed by atoms with Gasteiger partial charge in [-0.15, -0.1) is 0 Å². The van der Waals surface area contributed by atoms with Crippen LogP contribution < -0.4 is 5.32 Å². The second kappa shape index (κ2) is 7.84. The van der Waals surface area contributed by atoms with Gasteiger partial charge in [-0.1, -0.05) is 29.8 Å².